The van der Waals surface area contributed by atoms with Crippen LogP contribution in [-0.2, 0) is 11.3 Å². The normalized spacial score (nSPS) is 10.6. The van der Waals surface area contributed by atoms with Gasteiger partial charge in [0.2, 0.25) is 5.91 Å². The summed E-state index contributed by atoms with van der Waals surface area (Å²) in [6, 6.07) is 9.71. The molecule has 0 saturated heterocycles. The van der Waals surface area contributed by atoms with Gasteiger partial charge in [-0.2, -0.15) is 5.10 Å². The molecule has 1 amide bonds. The summed E-state index contributed by atoms with van der Waals surface area (Å²) < 4.78 is 28.2. The van der Waals surface area contributed by atoms with Crippen molar-refractivity contribution in [1.82, 2.24) is 14.8 Å². The molecule has 1 aromatic heterocycles. The Balaban J connectivity index is 1.77. The predicted octanol–water partition coefficient (Wildman–Crippen LogP) is 3.25. The van der Waals surface area contributed by atoms with Crippen molar-refractivity contribution in [2.45, 2.75) is 13.0 Å². The van der Waals surface area contributed by atoms with Gasteiger partial charge in [-0.25, -0.2) is 13.8 Å². The van der Waals surface area contributed by atoms with Crippen LogP contribution in [0.3, 0.4) is 0 Å². The maximum Gasteiger partial charge on any atom is 0.226 e. The second-order valence-corrected chi connectivity index (χ2v) is 5.15. The summed E-state index contributed by atoms with van der Waals surface area (Å²) in [5.74, 6) is -1.05. The molecule has 0 unspecified atom stereocenters. The third kappa shape index (κ3) is 3.81. The van der Waals surface area contributed by atoms with Gasteiger partial charge >= 0.3 is 0 Å². The lowest BCUT2D eigenvalue weighted by molar-refractivity contribution is -0.116. The van der Waals surface area contributed by atoms with E-state index in [1.54, 1.807) is 4.68 Å². The first-order valence-electron chi connectivity index (χ1n) is 7.29. The highest BCUT2D eigenvalue weighted by molar-refractivity contribution is 5.95. The molecule has 2 aromatic carbocycles. The molecule has 5 nitrogen and oxygen atoms in total. The standard InChI is InChI=1S/C17H14F2N4O/c18-13-3-1-12(2-4-13)15-9-14(19)5-6-16(15)22-17(24)7-8-23-11-20-10-21-23/h1-6,9-11H,7-8H2,(H,22,24). The molecule has 0 saturated carbocycles. The lowest BCUT2D eigenvalue weighted by atomic mass is 10.0. The van der Waals surface area contributed by atoms with E-state index < -0.39 is 5.82 Å². The molecule has 0 fully saturated rings. The molecule has 0 spiro atoms. The van der Waals surface area contributed by atoms with Crippen LogP contribution in [0, 0.1) is 11.6 Å². The molecule has 3 rings (SSSR count). The van der Waals surface area contributed by atoms with E-state index in [0.717, 1.165) is 0 Å². The molecular formula is C17H14F2N4O. The molecule has 3 aromatic rings. The van der Waals surface area contributed by atoms with Crippen molar-refractivity contribution in [2.75, 3.05) is 5.32 Å². The van der Waals surface area contributed by atoms with Crippen molar-refractivity contribution in [2.24, 2.45) is 0 Å². The first kappa shape index (κ1) is 15.8. The smallest absolute Gasteiger partial charge is 0.226 e. The average molecular weight is 328 g/mol. The SMILES string of the molecule is O=C(CCn1cncn1)Nc1ccc(F)cc1-c1ccc(F)cc1. The molecule has 0 aliphatic rings. The Morgan fingerprint density at radius 1 is 1.08 bits per heavy atom. The summed E-state index contributed by atoms with van der Waals surface area (Å²) in [6.45, 7) is 0.388. The number of aromatic nitrogens is 3. The van der Waals surface area contributed by atoms with E-state index in [1.807, 2.05) is 0 Å². The molecule has 0 radical (unpaired) electrons. The number of hydrogen-bond donors (Lipinski definition) is 1. The van der Waals surface area contributed by atoms with Gasteiger partial charge in [-0.1, -0.05) is 12.1 Å². The Hall–Kier alpha value is -3.09. The Bertz CT molecular complexity index is 832. The highest BCUT2D eigenvalue weighted by atomic mass is 19.1. The summed E-state index contributed by atoms with van der Waals surface area (Å²) >= 11 is 0. The number of carbonyl (C=O) groups excluding carboxylic acids is 1. The topological polar surface area (TPSA) is 59.8 Å². The van der Waals surface area contributed by atoms with Crippen molar-refractivity contribution < 1.29 is 13.6 Å². The van der Waals surface area contributed by atoms with Crippen LogP contribution >= 0.6 is 0 Å². The van der Waals surface area contributed by atoms with Crippen molar-refractivity contribution in [3.63, 3.8) is 0 Å². The average Bonchev–Trinajstić information content (AvgIpc) is 3.09. The van der Waals surface area contributed by atoms with E-state index in [4.69, 9.17) is 0 Å². The summed E-state index contributed by atoms with van der Waals surface area (Å²) in [4.78, 5) is 15.9. The first-order valence-corrected chi connectivity index (χ1v) is 7.29. The molecule has 1 N–H and O–H groups in total. The Morgan fingerprint density at radius 3 is 2.54 bits per heavy atom. The van der Waals surface area contributed by atoms with E-state index in [1.165, 1.54) is 55.1 Å². The summed E-state index contributed by atoms with van der Waals surface area (Å²) in [5, 5.41) is 6.67. The summed E-state index contributed by atoms with van der Waals surface area (Å²) in [7, 11) is 0. The van der Waals surface area contributed by atoms with Gasteiger partial charge in [-0.15, -0.1) is 0 Å². The number of benzene rings is 2. The van der Waals surface area contributed by atoms with Crippen LogP contribution < -0.4 is 5.32 Å². The van der Waals surface area contributed by atoms with Crippen LogP contribution in [0.5, 0.6) is 0 Å². The predicted molar refractivity (Wildman–Crippen MR) is 85.1 cm³/mol. The van der Waals surface area contributed by atoms with E-state index in [2.05, 4.69) is 15.4 Å². The second kappa shape index (κ2) is 6.99. The number of carbonyl (C=O) groups is 1. The largest absolute Gasteiger partial charge is 0.325 e. The van der Waals surface area contributed by atoms with Gasteiger partial charge < -0.3 is 5.32 Å². The van der Waals surface area contributed by atoms with Crippen LogP contribution in [0.25, 0.3) is 11.1 Å². The van der Waals surface area contributed by atoms with Gasteiger partial charge in [0.25, 0.3) is 0 Å². The van der Waals surface area contributed by atoms with E-state index >= 15 is 0 Å². The van der Waals surface area contributed by atoms with Gasteiger partial charge in [-0.05, 0) is 35.9 Å². The molecule has 122 valence electrons. The van der Waals surface area contributed by atoms with Gasteiger partial charge in [0.15, 0.2) is 0 Å². The molecule has 24 heavy (non-hydrogen) atoms. The lowest BCUT2D eigenvalue weighted by Gasteiger charge is -2.12. The molecule has 0 aliphatic heterocycles. The highest BCUT2D eigenvalue weighted by Crippen LogP contribution is 2.29. The first-order chi connectivity index (χ1) is 11.6. The molecule has 0 atom stereocenters. The van der Waals surface area contributed by atoms with Crippen molar-refractivity contribution in [3.8, 4) is 11.1 Å². The molecule has 1 heterocycles. The van der Waals surface area contributed by atoms with E-state index in [9.17, 15) is 13.6 Å². The van der Waals surface area contributed by atoms with Gasteiger partial charge in [0.1, 0.15) is 24.3 Å². The maximum atomic E-state index is 13.6. The second-order valence-electron chi connectivity index (χ2n) is 5.15. The number of rotatable bonds is 5. The van der Waals surface area contributed by atoms with Crippen LogP contribution in [0.15, 0.2) is 55.1 Å². The fraction of sp³-hybridized carbons (Fsp3) is 0.118. The number of halogens is 2. The Morgan fingerprint density at radius 2 is 1.83 bits per heavy atom. The number of hydrogen-bond acceptors (Lipinski definition) is 3. The quantitative estimate of drug-likeness (QED) is 0.782. The molecular weight excluding hydrogens is 314 g/mol. The molecule has 0 bridgehead atoms. The lowest BCUT2D eigenvalue weighted by Crippen LogP contribution is -2.15. The van der Waals surface area contributed by atoms with Crippen molar-refractivity contribution in [3.05, 3.63) is 66.8 Å². The Kier molecular flexibility index (Phi) is 4.60. The number of nitrogens with one attached hydrogen (secondary N) is 1. The van der Waals surface area contributed by atoms with E-state index in [0.29, 0.717) is 23.4 Å². The third-order valence-electron chi connectivity index (χ3n) is 3.45. The highest BCUT2D eigenvalue weighted by Gasteiger charge is 2.10. The van der Waals surface area contributed by atoms with Gasteiger partial charge in [0, 0.05) is 17.7 Å². The number of amides is 1. The van der Waals surface area contributed by atoms with Gasteiger partial charge in [0.05, 0.1) is 6.54 Å². The Labute approximate surface area is 137 Å². The maximum absolute atomic E-state index is 13.6. The monoisotopic (exact) mass is 328 g/mol. The third-order valence-corrected chi connectivity index (χ3v) is 3.45. The minimum atomic E-state index is -0.435. The van der Waals surface area contributed by atoms with Crippen molar-refractivity contribution in [1.29, 1.82) is 0 Å². The number of aryl methyl sites for hydroxylation is 1. The zero-order chi connectivity index (χ0) is 16.9. The summed E-state index contributed by atoms with van der Waals surface area (Å²) in [5.41, 5.74) is 1.57. The van der Waals surface area contributed by atoms with E-state index in [-0.39, 0.29) is 18.1 Å². The zero-order valence-electron chi connectivity index (χ0n) is 12.6. The minimum absolute atomic E-state index is 0.198. The van der Waals surface area contributed by atoms with Crippen LogP contribution in [0.4, 0.5) is 14.5 Å². The summed E-state index contributed by atoms with van der Waals surface area (Å²) in [6.07, 6.45) is 3.11. The van der Waals surface area contributed by atoms with Crippen molar-refractivity contribution >= 4 is 11.6 Å². The molecule has 0 aliphatic carbocycles. The van der Waals surface area contributed by atoms with Crippen LogP contribution in [0.2, 0.25) is 0 Å². The molecule has 7 heteroatoms. The van der Waals surface area contributed by atoms with Gasteiger partial charge in [-0.3, -0.25) is 9.48 Å². The number of nitrogens with zero attached hydrogens (tertiary/aromatic N) is 3. The number of anilines is 1. The fourth-order valence-corrected chi connectivity index (χ4v) is 2.27. The fourth-order valence-electron chi connectivity index (χ4n) is 2.27. The van der Waals surface area contributed by atoms with Crippen LogP contribution in [0.1, 0.15) is 6.42 Å². The van der Waals surface area contributed by atoms with Crippen LogP contribution in [-0.4, -0.2) is 20.7 Å². The minimum Gasteiger partial charge on any atom is -0.325 e. The zero-order valence-corrected chi connectivity index (χ0v) is 12.6.